The van der Waals surface area contributed by atoms with Crippen LogP contribution in [0.3, 0.4) is 0 Å². The Bertz CT molecular complexity index is 844. The van der Waals surface area contributed by atoms with Crippen molar-refractivity contribution in [2.75, 3.05) is 18.5 Å². The van der Waals surface area contributed by atoms with E-state index in [0.717, 1.165) is 6.42 Å². The highest BCUT2D eigenvalue weighted by atomic mass is 31.2. The van der Waals surface area contributed by atoms with Crippen LogP contribution in [0, 0.1) is 0 Å². The molecular formula is C16H32N7O8P. The standard InChI is InChI=1S/C10H17N6O7P.C5H11NO.CH4/c11-7-4-8(15-10(12)14-7)16(2-13-4)9-6(18)5(17)3(23-9)1-22-24(19,20)21;1-5(7)3-2-4-6;/h2-3,5-7,9,17-18H,1,11H2,(H3,12,14,15)(H2,19,20,21);2-4,6H2,1H3;1H4. The molecule has 5 unspecified atom stereocenters. The molecule has 0 spiro atoms. The third kappa shape index (κ3) is 7.30. The Morgan fingerprint density at radius 3 is 2.56 bits per heavy atom. The smallest absolute Gasteiger partial charge is 0.387 e. The lowest BCUT2D eigenvalue weighted by Gasteiger charge is -2.22. The minimum atomic E-state index is -4.73. The molecule has 0 aliphatic carbocycles. The topological polar surface area (TPSA) is 254 Å². The van der Waals surface area contributed by atoms with Crippen LogP contribution in [0.25, 0.3) is 0 Å². The van der Waals surface area contributed by atoms with Crippen LogP contribution in [0.4, 0.5) is 5.82 Å². The second-order valence-corrected chi connectivity index (χ2v) is 8.14. The second-order valence-electron chi connectivity index (χ2n) is 6.90. The number of anilines is 1. The summed E-state index contributed by atoms with van der Waals surface area (Å²) in [5.74, 6) is 0.611. The zero-order chi connectivity index (χ0) is 23.3. The number of aliphatic hydroxyl groups excluding tert-OH is 2. The number of nitrogens with one attached hydrogen (secondary N) is 1. The summed E-state index contributed by atoms with van der Waals surface area (Å²) in [5, 5.41) is 22.9. The predicted octanol–water partition coefficient (Wildman–Crippen LogP) is -1.74. The van der Waals surface area contributed by atoms with Crippen LogP contribution in [-0.4, -0.2) is 72.8 Å². The van der Waals surface area contributed by atoms with Gasteiger partial charge in [0.25, 0.3) is 0 Å². The summed E-state index contributed by atoms with van der Waals surface area (Å²) in [6.07, 6.45) is -3.08. The van der Waals surface area contributed by atoms with Gasteiger partial charge < -0.3 is 52.0 Å². The molecule has 184 valence electrons. The normalized spacial score (nSPS) is 26.7. The summed E-state index contributed by atoms with van der Waals surface area (Å²) in [7, 11) is -4.73. The van der Waals surface area contributed by atoms with Crippen LogP contribution in [-0.2, 0) is 18.6 Å². The molecule has 1 aromatic heterocycles. The number of carbonyl (C=O) groups is 1. The number of Topliss-reactive ketones (excluding diaryl/α,β-unsaturated/α-hetero) is 1. The first-order chi connectivity index (χ1) is 14.4. The zero-order valence-electron chi connectivity index (χ0n) is 16.7. The van der Waals surface area contributed by atoms with E-state index < -0.39 is 45.1 Å². The molecule has 3 heterocycles. The number of aliphatic imine (C=N–C) groups is 1. The first-order valence-corrected chi connectivity index (χ1v) is 10.8. The number of ether oxygens (including phenoxy) is 1. The van der Waals surface area contributed by atoms with Crippen molar-refractivity contribution in [2.45, 2.75) is 57.9 Å². The lowest BCUT2D eigenvalue weighted by atomic mass is 10.1. The number of fused-ring (bicyclic) bond motifs is 1. The molecule has 1 aromatic rings. The minimum absolute atomic E-state index is 0. The summed E-state index contributed by atoms with van der Waals surface area (Å²) in [6.45, 7) is 1.60. The summed E-state index contributed by atoms with van der Waals surface area (Å²) in [6, 6.07) is 0. The highest BCUT2D eigenvalue weighted by molar-refractivity contribution is 7.46. The number of phosphoric acid groups is 1. The lowest BCUT2D eigenvalue weighted by molar-refractivity contribution is -0.117. The molecule has 3 rings (SSSR count). The highest BCUT2D eigenvalue weighted by Gasteiger charge is 2.45. The van der Waals surface area contributed by atoms with E-state index >= 15 is 0 Å². The maximum absolute atomic E-state index is 10.8. The summed E-state index contributed by atoms with van der Waals surface area (Å²) in [5.41, 5.74) is 16.9. The van der Waals surface area contributed by atoms with Gasteiger partial charge in [0, 0.05) is 6.42 Å². The van der Waals surface area contributed by atoms with Gasteiger partial charge in [0.05, 0.1) is 12.9 Å². The van der Waals surface area contributed by atoms with E-state index in [4.69, 9.17) is 31.7 Å². The van der Waals surface area contributed by atoms with Gasteiger partial charge in [-0.05, 0) is 19.9 Å². The number of nitrogens with zero attached hydrogens (tertiary/aromatic N) is 3. The Morgan fingerprint density at radius 2 is 2.03 bits per heavy atom. The fourth-order valence-electron chi connectivity index (χ4n) is 2.90. The molecular weight excluding hydrogens is 449 g/mol. The van der Waals surface area contributed by atoms with Crippen molar-refractivity contribution in [2.24, 2.45) is 22.2 Å². The van der Waals surface area contributed by atoms with Gasteiger partial charge in [-0.2, -0.15) is 0 Å². The SMILES string of the molecule is C.CC(=O)CCCN.NC1=NC(N)c2ncn(C3OC(COP(=O)(O)O)C(O)C3O)c2N1. The second kappa shape index (κ2) is 11.8. The van der Waals surface area contributed by atoms with E-state index in [1.165, 1.54) is 10.9 Å². The Kier molecular flexibility index (Phi) is 10.3. The summed E-state index contributed by atoms with van der Waals surface area (Å²) < 4.78 is 21.9. The van der Waals surface area contributed by atoms with Gasteiger partial charge >= 0.3 is 7.82 Å². The number of nitrogens with two attached hydrogens (primary N) is 3. The van der Waals surface area contributed by atoms with Crippen molar-refractivity contribution in [3.8, 4) is 0 Å². The van der Waals surface area contributed by atoms with E-state index in [2.05, 4.69) is 19.8 Å². The molecule has 15 nitrogen and oxygen atoms in total. The number of imidazole rings is 1. The Balaban J connectivity index is 0.000000558. The third-order valence-electron chi connectivity index (χ3n) is 4.38. The summed E-state index contributed by atoms with van der Waals surface area (Å²) >= 11 is 0. The predicted molar refractivity (Wildman–Crippen MR) is 114 cm³/mol. The van der Waals surface area contributed by atoms with Crippen molar-refractivity contribution < 1.29 is 38.6 Å². The molecule has 0 bridgehead atoms. The fourth-order valence-corrected chi connectivity index (χ4v) is 3.24. The van der Waals surface area contributed by atoms with Gasteiger partial charge in [0.15, 0.2) is 12.2 Å². The highest BCUT2D eigenvalue weighted by Crippen LogP contribution is 2.39. The Hall–Kier alpha value is -1.94. The maximum atomic E-state index is 10.8. The molecule has 32 heavy (non-hydrogen) atoms. The van der Waals surface area contributed by atoms with Crippen molar-refractivity contribution in [1.29, 1.82) is 0 Å². The van der Waals surface area contributed by atoms with Gasteiger partial charge in [-0.15, -0.1) is 0 Å². The minimum Gasteiger partial charge on any atom is -0.387 e. The van der Waals surface area contributed by atoms with Crippen LogP contribution in [0.5, 0.6) is 0 Å². The van der Waals surface area contributed by atoms with E-state index in [1.54, 1.807) is 6.92 Å². The Morgan fingerprint density at radius 1 is 1.38 bits per heavy atom. The quantitative estimate of drug-likeness (QED) is 0.201. The lowest BCUT2D eigenvalue weighted by Crippen LogP contribution is -2.35. The van der Waals surface area contributed by atoms with Crippen LogP contribution < -0.4 is 22.5 Å². The number of hydrogen-bond donors (Lipinski definition) is 8. The number of aliphatic hydroxyl groups is 2. The number of rotatable bonds is 7. The molecule has 0 aromatic carbocycles. The number of carbonyl (C=O) groups excluding carboxylic acids is 1. The van der Waals surface area contributed by atoms with E-state index in [1.807, 2.05) is 0 Å². The van der Waals surface area contributed by atoms with E-state index in [9.17, 15) is 19.6 Å². The van der Waals surface area contributed by atoms with Crippen LogP contribution in [0.2, 0.25) is 0 Å². The number of hydrogen-bond acceptors (Lipinski definition) is 12. The number of aromatic nitrogens is 2. The summed E-state index contributed by atoms with van der Waals surface area (Å²) in [4.78, 5) is 35.6. The van der Waals surface area contributed by atoms with Crippen molar-refractivity contribution in [3.05, 3.63) is 12.0 Å². The molecule has 0 radical (unpaired) electrons. The first kappa shape index (κ1) is 28.1. The molecule has 16 heteroatoms. The number of ketones is 1. The van der Waals surface area contributed by atoms with Gasteiger partial charge in [0.1, 0.15) is 41.8 Å². The molecule has 1 saturated heterocycles. The average molecular weight is 481 g/mol. The van der Waals surface area contributed by atoms with Crippen molar-refractivity contribution in [1.82, 2.24) is 9.55 Å². The van der Waals surface area contributed by atoms with Crippen molar-refractivity contribution >= 4 is 25.4 Å². The molecule has 11 N–H and O–H groups in total. The van der Waals surface area contributed by atoms with Gasteiger partial charge in [0.2, 0.25) is 0 Å². The van der Waals surface area contributed by atoms with Gasteiger partial charge in [-0.1, -0.05) is 7.43 Å². The zero-order valence-corrected chi connectivity index (χ0v) is 17.6. The number of phosphoric ester groups is 1. The molecule has 1 fully saturated rings. The monoisotopic (exact) mass is 481 g/mol. The molecule has 2 aliphatic heterocycles. The maximum Gasteiger partial charge on any atom is 0.469 e. The largest absolute Gasteiger partial charge is 0.469 e. The first-order valence-electron chi connectivity index (χ1n) is 9.28. The van der Waals surface area contributed by atoms with Crippen LogP contribution in [0.15, 0.2) is 11.3 Å². The van der Waals surface area contributed by atoms with Crippen LogP contribution >= 0.6 is 7.82 Å². The number of guanidine groups is 1. The molecule has 5 atom stereocenters. The van der Waals surface area contributed by atoms with E-state index in [0.29, 0.717) is 24.5 Å². The average Bonchev–Trinajstić information content (AvgIpc) is 3.20. The fraction of sp³-hybridized carbons (Fsp3) is 0.688. The molecule has 2 aliphatic rings. The van der Waals surface area contributed by atoms with Crippen molar-refractivity contribution in [3.63, 3.8) is 0 Å². The van der Waals surface area contributed by atoms with E-state index in [-0.39, 0.29) is 19.2 Å². The van der Waals surface area contributed by atoms with Crippen LogP contribution in [0.1, 0.15) is 45.3 Å². The Labute approximate surface area is 184 Å². The van der Waals surface area contributed by atoms with Gasteiger partial charge in [-0.3, -0.25) is 9.09 Å². The molecule has 0 saturated carbocycles. The molecule has 0 amide bonds. The third-order valence-corrected chi connectivity index (χ3v) is 4.86. The van der Waals surface area contributed by atoms with Gasteiger partial charge in [-0.25, -0.2) is 14.5 Å².